The van der Waals surface area contributed by atoms with Crippen molar-refractivity contribution >= 4 is 23.0 Å². The molecule has 0 aliphatic rings. The molecule has 0 bridgehead atoms. The van der Waals surface area contributed by atoms with Crippen LogP contribution in [0.2, 0.25) is 0 Å². The van der Waals surface area contributed by atoms with Crippen LogP contribution in [0.4, 0.5) is 23.0 Å². The molecule has 2 aromatic rings. The molecule has 1 aromatic carbocycles. The Morgan fingerprint density at radius 3 is 2.47 bits per heavy atom. The highest BCUT2D eigenvalue weighted by Gasteiger charge is 2.01. The van der Waals surface area contributed by atoms with Crippen LogP contribution in [0.5, 0.6) is 0 Å². The van der Waals surface area contributed by atoms with E-state index in [0.717, 1.165) is 5.69 Å². The monoisotopic (exact) mass is 228 g/mol. The van der Waals surface area contributed by atoms with E-state index in [1.54, 1.807) is 12.1 Å². The van der Waals surface area contributed by atoms with Gasteiger partial charge >= 0.3 is 0 Å². The van der Waals surface area contributed by atoms with Gasteiger partial charge in [0.2, 0.25) is 0 Å². The molecule has 0 aliphatic heterocycles. The van der Waals surface area contributed by atoms with Gasteiger partial charge in [-0.25, -0.2) is 10.8 Å². The lowest BCUT2D eigenvalue weighted by molar-refractivity contribution is 1.17. The first kappa shape index (κ1) is 11.0. The third kappa shape index (κ3) is 2.76. The lowest BCUT2D eigenvalue weighted by atomic mass is 10.3. The molecule has 1 aromatic heterocycles. The second-order valence-corrected chi connectivity index (χ2v) is 3.28. The smallest absolute Gasteiger partial charge is 0.170 e. The minimum atomic E-state index is 0.372. The van der Waals surface area contributed by atoms with E-state index >= 15 is 0 Å². The highest BCUT2D eigenvalue weighted by molar-refractivity contribution is 5.62. The van der Waals surface area contributed by atoms with Crippen molar-refractivity contribution in [1.82, 2.24) is 4.98 Å². The number of azo groups is 1. The van der Waals surface area contributed by atoms with Gasteiger partial charge in [0.15, 0.2) is 5.82 Å². The number of nitrogen functional groups attached to an aromatic ring is 2. The Hall–Kier alpha value is -2.47. The van der Waals surface area contributed by atoms with Gasteiger partial charge in [-0.2, -0.15) is 5.11 Å². The average Bonchev–Trinajstić information content (AvgIpc) is 2.38. The van der Waals surface area contributed by atoms with Crippen LogP contribution < -0.4 is 17.0 Å². The number of hydrogen-bond donors (Lipinski definition) is 3. The number of nitrogens with two attached hydrogens (primary N) is 2. The Kier molecular flexibility index (Phi) is 3.27. The van der Waals surface area contributed by atoms with E-state index in [-0.39, 0.29) is 0 Å². The molecule has 0 spiro atoms. The number of hydrazine groups is 1. The molecule has 6 nitrogen and oxygen atoms in total. The van der Waals surface area contributed by atoms with E-state index in [2.05, 4.69) is 20.6 Å². The van der Waals surface area contributed by atoms with E-state index in [0.29, 0.717) is 17.3 Å². The van der Waals surface area contributed by atoms with Gasteiger partial charge in [0, 0.05) is 0 Å². The molecule has 2 rings (SSSR count). The molecule has 0 radical (unpaired) electrons. The molecular weight excluding hydrogens is 216 g/mol. The van der Waals surface area contributed by atoms with Gasteiger partial charge in [0.25, 0.3) is 0 Å². The summed E-state index contributed by atoms with van der Waals surface area (Å²) in [6.07, 6.45) is 0. The summed E-state index contributed by atoms with van der Waals surface area (Å²) in [6, 6.07) is 12.7. The summed E-state index contributed by atoms with van der Waals surface area (Å²) in [5.74, 6) is 6.08. The molecular formula is C11H12N6. The van der Waals surface area contributed by atoms with Crippen molar-refractivity contribution in [2.24, 2.45) is 16.1 Å². The number of rotatable bonds is 3. The fraction of sp³-hybridized carbons (Fsp3) is 0. The minimum Gasteiger partial charge on any atom is -0.384 e. The van der Waals surface area contributed by atoms with Crippen LogP contribution in [0, 0.1) is 0 Å². The highest BCUT2D eigenvalue weighted by atomic mass is 15.3. The van der Waals surface area contributed by atoms with Crippen LogP contribution >= 0.6 is 0 Å². The van der Waals surface area contributed by atoms with Crippen LogP contribution in [0.25, 0.3) is 0 Å². The number of nitrogens with zero attached hydrogens (tertiary/aromatic N) is 3. The first-order chi connectivity index (χ1) is 8.29. The maximum absolute atomic E-state index is 5.53. The Labute approximate surface area is 98.4 Å². The van der Waals surface area contributed by atoms with Gasteiger partial charge < -0.3 is 11.2 Å². The fourth-order valence-corrected chi connectivity index (χ4v) is 1.26. The second kappa shape index (κ2) is 5.04. The summed E-state index contributed by atoms with van der Waals surface area (Å²) in [5.41, 5.74) is 9.25. The summed E-state index contributed by atoms with van der Waals surface area (Å²) in [5, 5.41) is 8.12. The largest absolute Gasteiger partial charge is 0.384 e. The zero-order valence-electron chi connectivity index (χ0n) is 9.04. The number of hydrogen-bond acceptors (Lipinski definition) is 6. The summed E-state index contributed by atoms with van der Waals surface area (Å²) < 4.78 is 0. The summed E-state index contributed by atoms with van der Waals surface area (Å²) in [6.45, 7) is 0. The van der Waals surface area contributed by atoms with E-state index in [9.17, 15) is 0 Å². The first-order valence-corrected chi connectivity index (χ1v) is 4.99. The van der Waals surface area contributed by atoms with Gasteiger partial charge in [-0.3, -0.25) is 0 Å². The zero-order chi connectivity index (χ0) is 12.1. The zero-order valence-corrected chi connectivity index (χ0v) is 9.04. The van der Waals surface area contributed by atoms with Crippen molar-refractivity contribution in [1.29, 1.82) is 0 Å². The average molecular weight is 228 g/mol. The molecule has 0 fully saturated rings. The third-order valence-corrected chi connectivity index (χ3v) is 2.06. The molecule has 0 saturated heterocycles. The quantitative estimate of drug-likeness (QED) is 0.426. The number of benzene rings is 1. The molecule has 0 aliphatic carbocycles. The Balaban J connectivity index is 2.27. The SMILES string of the molecule is NNc1nc(N)ccc1N=Nc1ccccc1. The van der Waals surface area contributed by atoms with Crippen LogP contribution in [0.1, 0.15) is 0 Å². The summed E-state index contributed by atoms with van der Waals surface area (Å²) in [7, 11) is 0. The van der Waals surface area contributed by atoms with Crippen molar-refractivity contribution in [3.8, 4) is 0 Å². The molecule has 0 saturated carbocycles. The van der Waals surface area contributed by atoms with Gasteiger partial charge in [0.1, 0.15) is 11.5 Å². The van der Waals surface area contributed by atoms with Crippen molar-refractivity contribution in [3.05, 3.63) is 42.5 Å². The van der Waals surface area contributed by atoms with Gasteiger partial charge in [-0.15, -0.1) is 5.11 Å². The highest BCUT2D eigenvalue weighted by Crippen LogP contribution is 2.25. The summed E-state index contributed by atoms with van der Waals surface area (Å²) in [4.78, 5) is 3.99. The molecule has 6 heteroatoms. The Morgan fingerprint density at radius 1 is 1.00 bits per heavy atom. The number of pyridine rings is 1. The van der Waals surface area contributed by atoms with E-state index in [1.165, 1.54) is 0 Å². The van der Waals surface area contributed by atoms with Crippen molar-refractivity contribution in [2.45, 2.75) is 0 Å². The van der Waals surface area contributed by atoms with E-state index < -0.39 is 0 Å². The van der Waals surface area contributed by atoms with Crippen LogP contribution in [0.15, 0.2) is 52.7 Å². The number of aromatic nitrogens is 1. The second-order valence-electron chi connectivity index (χ2n) is 3.28. The van der Waals surface area contributed by atoms with Gasteiger partial charge in [0.05, 0.1) is 5.69 Å². The number of nitrogens with one attached hydrogen (secondary N) is 1. The number of anilines is 2. The molecule has 17 heavy (non-hydrogen) atoms. The van der Waals surface area contributed by atoms with Crippen molar-refractivity contribution in [3.63, 3.8) is 0 Å². The fourth-order valence-electron chi connectivity index (χ4n) is 1.26. The lowest BCUT2D eigenvalue weighted by Crippen LogP contribution is -2.09. The predicted octanol–water partition coefficient (Wildman–Crippen LogP) is 2.36. The molecule has 0 atom stereocenters. The molecule has 0 amide bonds. The summed E-state index contributed by atoms with van der Waals surface area (Å²) >= 11 is 0. The Morgan fingerprint density at radius 2 is 1.76 bits per heavy atom. The van der Waals surface area contributed by atoms with Crippen LogP contribution in [0.3, 0.4) is 0 Å². The standard InChI is InChI=1S/C11H12N6/c12-10-7-6-9(11(14-10)15-13)17-16-8-4-2-1-3-5-8/h1-7H,13H2,(H3,12,14,15). The predicted molar refractivity (Wildman–Crippen MR) is 67.1 cm³/mol. The van der Waals surface area contributed by atoms with Gasteiger partial charge in [-0.1, -0.05) is 18.2 Å². The maximum Gasteiger partial charge on any atom is 0.170 e. The third-order valence-electron chi connectivity index (χ3n) is 2.06. The molecule has 1 heterocycles. The molecule has 5 N–H and O–H groups in total. The topological polar surface area (TPSA) is 102 Å². The van der Waals surface area contributed by atoms with E-state index in [1.807, 2.05) is 30.3 Å². The van der Waals surface area contributed by atoms with Gasteiger partial charge in [-0.05, 0) is 24.3 Å². The molecule has 86 valence electrons. The van der Waals surface area contributed by atoms with Crippen molar-refractivity contribution < 1.29 is 0 Å². The molecule has 0 unspecified atom stereocenters. The normalized spacial score (nSPS) is 10.6. The van der Waals surface area contributed by atoms with Crippen LogP contribution in [-0.2, 0) is 0 Å². The van der Waals surface area contributed by atoms with Crippen LogP contribution in [-0.4, -0.2) is 4.98 Å². The Bertz CT molecular complexity index is 523. The minimum absolute atomic E-state index is 0.372. The first-order valence-electron chi connectivity index (χ1n) is 4.99. The van der Waals surface area contributed by atoms with E-state index in [4.69, 9.17) is 11.6 Å². The van der Waals surface area contributed by atoms with Crippen molar-refractivity contribution in [2.75, 3.05) is 11.2 Å². The lowest BCUT2D eigenvalue weighted by Gasteiger charge is -2.02. The maximum atomic E-state index is 5.53.